The maximum absolute atomic E-state index is 11.6. The Morgan fingerprint density at radius 3 is 2.32 bits per heavy atom. The van der Waals surface area contributed by atoms with Crippen LogP contribution < -0.4 is 9.47 Å². The SMILES string of the molecule is COc1cc(C(=O)O)cc(Cl)c1OC(=O)C(C)(C)O. The van der Waals surface area contributed by atoms with E-state index in [1.807, 2.05) is 0 Å². The maximum atomic E-state index is 11.6. The van der Waals surface area contributed by atoms with E-state index in [1.54, 1.807) is 0 Å². The lowest BCUT2D eigenvalue weighted by Gasteiger charge is -2.17. The first-order chi connectivity index (χ1) is 8.66. The lowest BCUT2D eigenvalue weighted by Crippen LogP contribution is -2.35. The average Bonchev–Trinajstić information content (AvgIpc) is 2.29. The van der Waals surface area contributed by atoms with E-state index in [-0.39, 0.29) is 22.1 Å². The zero-order chi connectivity index (χ0) is 14.8. The molecule has 0 radical (unpaired) electrons. The van der Waals surface area contributed by atoms with Crippen LogP contribution in [0.5, 0.6) is 11.5 Å². The molecule has 0 amide bonds. The highest BCUT2D eigenvalue weighted by atomic mass is 35.5. The van der Waals surface area contributed by atoms with E-state index in [2.05, 4.69) is 0 Å². The summed E-state index contributed by atoms with van der Waals surface area (Å²) in [6.45, 7) is 2.50. The van der Waals surface area contributed by atoms with Gasteiger partial charge in [-0.2, -0.15) is 0 Å². The van der Waals surface area contributed by atoms with Gasteiger partial charge in [0.1, 0.15) is 0 Å². The van der Waals surface area contributed by atoms with E-state index in [0.717, 1.165) is 6.07 Å². The highest BCUT2D eigenvalue weighted by Gasteiger charge is 2.28. The van der Waals surface area contributed by atoms with Gasteiger partial charge in [0.2, 0.25) is 0 Å². The lowest BCUT2D eigenvalue weighted by atomic mass is 10.1. The highest BCUT2D eigenvalue weighted by molar-refractivity contribution is 6.32. The van der Waals surface area contributed by atoms with Crippen molar-refractivity contribution < 1.29 is 29.3 Å². The molecule has 1 aromatic carbocycles. The van der Waals surface area contributed by atoms with E-state index in [1.165, 1.54) is 27.0 Å². The lowest BCUT2D eigenvalue weighted by molar-refractivity contribution is -0.151. The molecule has 0 aliphatic carbocycles. The number of carboxylic acid groups (broad SMARTS) is 1. The number of halogens is 1. The zero-order valence-electron chi connectivity index (χ0n) is 10.6. The van der Waals surface area contributed by atoms with Crippen LogP contribution in [0.2, 0.25) is 5.02 Å². The average molecular weight is 289 g/mol. The molecule has 6 nitrogen and oxygen atoms in total. The van der Waals surface area contributed by atoms with Crippen LogP contribution in [-0.4, -0.2) is 34.9 Å². The fourth-order valence-corrected chi connectivity index (χ4v) is 1.41. The van der Waals surface area contributed by atoms with Gasteiger partial charge in [-0.1, -0.05) is 11.6 Å². The van der Waals surface area contributed by atoms with Crippen LogP contribution in [-0.2, 0) is 4.79 Å². The van der Waals surface area contributed by atoms with Gasteiger partial charge in [-0.3, -0.25) is 0 Å². The highest BCUT2D eigenvalue weighted by Crippen LogP contribution is 2.37. The van der Waals surface area contributed by atoms with Crippen molar-refractivity contribution in [1.29, 1.82) is 0 Å². The molecule has 0 unspecified atom stereocenters. The number of hydrogen-bond donors (Lipinski definition) is 2. The van der Waals surface area contributed by atoms with Gasteiger partial charge in [-0.25, -0.2) is 9.59 Å². The number of carboxylic acids is 1. The van der Waals surface area contributed by atoms with Gasteiger partial charge in [0.05, 0.1) is 17.7 Å². The second-order valence-electron chi connectivity index (χ2n) is 4.24. The summed E-state index contributed by atoms with van der Waals surface area (Å²) in [4.78, 5) is 22.4. The molecule has 2 N–H and O–H groups in total. The summed E-state index contributed by atoms with van der Waals surface area (Å²) in [6, 6.07) is 2.29. The van der Waals surface area contributed by atoms with Gasteiger partial charge >= 0.3 is 11.9 Å². The Bertz CT molecular complexity index is 518. The van der Waals surface area contributed by atoms with Gasteiger partial charge in [-0.05, 0) is 26.0 Å². The summed E-state index contributed by atoms with van der Waals surface area (Å²) in [5.41, 5.74) is -1.82. The number of aliphatic hydroxyl groups is 1. The van der Waals surface area contributed by atoms with Crippen LogP contribution in [0, 0.1) is 0 Å². The largest absolute Gasteiger partial charge is 0.493 e. The van der Waals surface area contributed by atoms with Crippen molar-refractivity contribution in [3.05, 3.63) is 22.7 Å². The molecule has 0 aliphatic heterocycles. The zero-order valence-corrected chi connectivity index (χ0v) is 11.3. The summed E-state index contributed by atoms with van der Waals surface area (Å²) in [5, 5.41) is 18.3. The summed E-state index contributed by atoms with van der Waals surface area (Å²) < 4.78 is 9.85. The molecular weight excluding hydrogens is 276 g/mol. The van der Waals surface area contributed by atoms with Crippen molar-refractivity contribution in [3.8, 4) is 11.5 Å². The van der Waals surface area contributed by atoms with Crippen LogP contribution in [0.25, 0.3) is 0 Å². The van der Waals surface area contributed by atoms with E-state index in [9.17, 15) is 14.7 Å². The summed E-state index contributed by atoms with van der Waals surface area (Å²) >= 11 is 5.85. The molecule has 1 aromatic rings. The Morgan fingerprint density at radius 2 is 1.89 bits per heavy atom. The summed E-state index contributed by atoms with van der Waals surface area (Å²) in [7, 11) is 1.28. The number of aromatic carboxylic acids is 1. The van der Waals surface area contributed by atoms with Crippen molar-refractivity contribution in [2.45, 2.75) is 19.4 Å². The summed E-state index contributed by atoms with van der Waals surface area (Å²) in [5.74, 6) is -2.28. The molecule has 0 spiro atoms. The van der Waals surface area contributed by atoms with Crippen molar-refractivity contribution in [2.75, 3.05) is 7.11 Å². The molecular formula is C12H13ClO6. The fraction of sp³-hybridized carbons (Fsp3) is 0.333. The number of methoxy groups -OCH3 is 1. The first-order valence-electron chi connectivity index (χ1n) is 5.22. The molecule has 19 heavy (non-hydrogen) atoms. The number of rotatable bonds is 4. The van der Waals surface area contributed by atoms with Gasteiger partial charge in [-0.15, -0.1) is 0 Å². The van der Waals surface area contributed by atoms with Crippen LogP contribution >= 0.6 is 11.6 Å². The molecule has 0 fully saturated rings. The molecule has 1 rings (SSSR count). The second-order valence-corrected chi connectivity index (χ2v) is 4.65. The van der Waals surface area contributed by atoms with Gasteiger partial charge < -0.3 is 19.7 Å². The minimum absolute atomic E-state index is 0.0116. The predicted octanol–water partition coefficient (Wildman–Crippen LogP) is 1.72. The van der Waals surface area contributed by atoms with Gasteiger partial charge in [0.25, 0.3) is 0 Å². The second kappa shape index (κ2) is 5.46. The van der Waals surface area contributed by atoms with E-state index < -0.39 is 17.5 Å². The van der Waals surface area contributed by atoms with Crippen LogP contribution in [0.1, 0.15) is 24.2 Å². The standard InChI is InChI=1S/C12H13ClO6/c1-12(2,17)11(16)19-9-7(13)4-6(10(14)15)5-8(9)18-3/h4-5,17H,1-3H3,(H,14,15). The van der Waals surface area contributed by atoms with Gasteiger partial charge in [0, 0.05) is 0 Å². The minimum Gasteiger partial charge on any atom is -0.493 e. The van der Waals surface area contributed by atoms with E-state index >= 15 is 0 Å². The molecule has 104 valence electrons. The third-order valence-electron chi connectivity index (χ3n) is 2.17. The smallest absolute Gasteiger partial charge is 0.343 e. The molecule has 0 aromatic heterocycles. The summed E-state index contributed by atoms with van der Waals surface area (Å²) in [6.07, 6.45) is 0. The first-order valence-corrected chi connectivity index (χ1v) is 5.60. The first kappa shape index (κ1) is 15.3. The Morgan fingerprint density at radius 1 is 1.32 bits per heavy atom. The third-order valence-corrected chi connectivity index (χ3v) is 2.45. The fourth-order valence-electron chi connectivity index (χ4n) is 1.16. The molecule has 0 aliphatic rings. The normalized spacial score (nSPS) is 11.0. The minimum atomic E-state index is -1.71. The molecule has 0 bridgehead atoms. The monoisotopic (exact) mass is 288 g/mol. The topological polar surface area (TPSA) is 93.1 Å². The molecule has 0 atom stereocenters. The number of benzene rings is 1. The number of hydrogen-bond acceptors (Lipinski definition) is 5. The van der Waals surface area contributed by atoms with Gasteiger partial charge in [0.15, 0.2) is 17.1 Å². The van der Waals surface area contributed by atoms with Crippen LogP contribution in [0.4, 0.5) is 0 Å². The van der Waals surface area contributed by atoms with Crippen LogP contribution in [0.3, 0.4) is 0 Å². The molecule has 7 heteroatoms. The Hall–Kier alpha value is -1.79. The Kier molecular flexibility index (Phi) is 4.39. The van der Waals surface area contributed by atoms with Crippen molar-refractivity contribution in [2.24, 2.45) is 0 Å². The van der Waals surface area contributed by atoms with Crippen molar-refractivity contribution in [3.63, 3.8) is 0 Å². The maximum Gasteiger partial charge on any atom is 0.343 e. The number of esters is 1. The third kappa shape index (κ3) is 3.59. The van der Waals surface area contributed by atoms with Crippen molar-refractivity contribution >= 4 is 23.5 Å². The number of carbonyl (C=O) groups excluding carboxylic acids is 1. The quantitative estimate of drug-likeness (QED) is 0.647. The van der Waals surface area contributed by atoms with E-state index in [4.69, 9.17) is 26.2 Å². The Labute approximate surface area is 114 Å². The number of ether oxygens (including phenoxy) is 2. The number of carbonyl (C=O) groups is 2. The molecule has 0 saturated carbocycles. The van der Waals surface area contributed by atoms with Crippen molar-refractivity contribution in [1.82, 2.24) is 0 Å². The molecule has 0 saturated heterocycles. The predicted molar refractivity (Wildman–Crippen MR) is 66.9 cm³/mol. The molecule has 0 heterocycles. The Balaban J connectivity index is 3.21. The van der Waals surface area contributed by atoms with E-state index in [0.29, 0.717) is 0 Å². The van der Waals surface area contributed by atoms with Crippen LogP contribution in [0.15, 0.2) is 12.1 Å².